The largest absolute Gasteiger partial charge is 0.440 e. The molecule has 0 bridgehead atoms. The highest BCUT2D eigenvalue weighted by molar-refractivity contribution is 7.94. The Kier molecular flexibility index (Phi) is 4.16. The van der Waals surface area contributed by atoms with Crippen LogP contribution in [-0.2, 0) is 10.0 Å². The van der Waals surface area contributed by atoms with Gasteiger partial charge in [-0.25, -0.2) is 13.4 Å². The summed E-state index contributed by atoms with van der Waals surface area (Å²) < 4.78 is 33.6. The Labute approximate surface area is 154 Å². The third-order valence-corrected chi connectivity index (χ3v) is 7.03. The van der Waals surface area contributed by atoms with E-state index in [9.17, 15) is 13.2 Å². The molecule has 2 heterocycles. The van der Waals surface area contributed by atoms with E-state index >= 15 is 0 Å². The van der Waals surface area contributed by atoms with Crippen molar-refractivity contribution in [1.29, 1.82) is 0 Å². The standard InChI is InChI=1S/C18H16N2O4S2/c1-11(21)13-3-2-4-14(9-13)20-26(22,23)17-8-7-16(25-17)15-10-19-18(24-15)12-5-6-12/h2-4,7-10,12,20H,5-6H2,1H3. The Morgan fingerprint density at radius 2 is 2.08 bits per heavy atom. The molecule has 1 aromatic carbocycles. The van der Waals surface area contributed by atoms with Gasteiger partial charge < -0.3 is 4.42 Å². The van der Waals surface area contributed by atoms with Crippen molar-refractivity contribution in [3.8, 4) is 10.6 Å². The third kappa shape index (κ3) is 3.42. The monoisotopic (exact) mass is 388 g/mol. The van der Waals surface area contributed by atoms with E-state index < -0.39 is 10.0 Å². The van der Waals surface area contributed by atoms with Crippen molar-refractivity contribution in [2.24, 2.45) is 0 Å². The highest BCUT2D eigenvalue weighted by Crippen LogP contribution is 2.41. The van der Waals surface area contributed by atoms with E-state index in [0.29, 0.717) is 27.8 Å². The molecule has 1 fully saturated rings. The van der Waals surface area contributed by atoms with Crippen LogP contribution in [0.4, 0.5) is 5.69 Å². The molecule has 0 atom stereocenters. The molecule has 0 amide bonds. The van der Waals surface area contributed by atoms with Gasteiger partial charge in [-0.1, -0.05) is 12.1 Å². The summed E-state index contributed by atoms with van der Waals surface area (Å²) in [4.78, 5) is 16.4. The van der Waals surface area contributed by atoms with E-state index in [0.717, 1.165) is 30.1 Å². The van der Waals surface area contributed by atoms with Gasteiger partial charge in [0.25, 0.3) is 10.0 Å². The van der Waals surface area contributed by atoms with Crippen LogP contribution >= 0.6 is 11.3 Å². The number of aromatic nitrogens is 1. The first-order valence-electron chi connectivity index (χ1n) is 8.12. The number of ketones is 1. The molecule has 0 aliphatic heterocycles. The number of carbonyl (C=O) groups is 1. The highest BCUT2D eigenvalue weighted by Gasteiger charge is 2.29. The van der Waals surface area contributed by atoms with Crippen molar-refractivity contribution in [1.82, 2.24) is 4.98 Å². The summed E-state index contributed by atoms with van der Waals surface area (Å²) in [5.74, 6) is 1.58. The summed E-state index contributed by atoms with van der Waals surface area (Å²) in [7, 11) is -3.74. The Morgan fingerprint density at radius 3 is 2.81 bits per heavy atom. The van der Waals surface area contributed by atoms with E-state index in [1.807, 2.05) is 0 Å². The van der Waals surface area contributed by atoms with Crippen LogP contribution in [0.15, 0.2) is 51.2 Å². The first-order chi connectivity index (χ1) is 12.4. The van der Waals surface area contributed by atoms with E-state index in [1.165, 1.54) is 19.1 Å². The second-order valence-corrected chi connectivity index (χ2v) is 9.19. The number of rotatable bonds is 6. The summed E-state index contributed by atoms with van der Waals surface area (Å²) >= 11 is 1.12. The fraction of sp³-hybridized carbons (Fsp3) is 0.222. The Bertz CT molecular complexity index is 1080. The molecule has 3 aromatic rings. The minimum absolute atomic E-state index is 0.124. The molecule has 8 heteroatoms. The second kappa shape index (κ2) is 6.37. The molecule has 2 aromatic heterocycles. The zero-order valence-corrected chi connectivity index (χ0v) is 15.6. The lowest BCUT2D eigenvalue weighted by Gasteiger charge is -2.07. The fourth-order valence-electron chi connectivity index (χ4n) is 2.52. The molecule has 6 nitrogen and oxygen atoms in total. The average Bonchev–Trinajstić information content (AvgIpc) is 3.12. The average molecular weight is 388 g/mol. The topological polar surface area (TPSA) is 89.3 Å². The van der Waals surface area contributed by atoms with Gasteiger partial charge >= 0.3 is 0 Å². The Morgan fingerprint density at radius 1 is 1.27 bits per heavy atom. The van der Waals surface area contributed by atoms with Crippen LogP contribution in [0.3, 0.4) is 0 Å². The van der Waals surface area contributed by atoms with Gasteiger partial charge in [-0.05, 0) is 44.0 Å². The lowest BCUT2D eigenvalue weighted by atomic mass is 10.1. The van der Waals surface area contributed by atoms with Gasteiger partial charge in [-0.15, -0.1) is 11.3 Å². The summed E-state index contributed by atoms with van der Waals surface area (Å²) in [6.45, 7) is 1.44. The molecule has 1 N–H and O–H groups in total. The molecule has 0 unspecified atom stereocenters. The number of Topliss-reactive ketones (excluding diaryl/α,β-unsaturated/α-hetero) is 1. The van der Waals surface area contributed by atoms with Crippen LogP contribution in [0.2, 0.25) is 0 Å². The Balaban J connectivity index is 1.57. The summed E-state index contributed by atoms with van der Waals surface area (Å²) in [5.41, 5.74) is 0.801. The number of benzene rings is 1. The van der Waals surface area contributed by atoms with Gasteiger partial charge in [0.05, 0.1) is 11.1 Å². The van der Waals surface area contributed by atoms with Crippen molar-refractivity contribution in [2.45, 2.75) is 29.9 Å². The maximum atomic E-state index is 12.6. The zero-order chi connectivity index (χ0) is 18.3. The van der Waals surface area contributed by atoms with Gasteiger partial charge in [0.1, 0.15) is 4.21 Å². The quantitative estimate of drug-likeness (QED) is 0.637. The minimum Gasteiger partial charge on any atom is -0.440 e. The predicted octanol–water partition coefficient (Wildman–Crippen LogP) is 4.28. The summed E-state index contributed by atoms with van der Waals surface area (Å²) in [6, 6.07) is 9.66. The SMILES string of the molecule is CC(=O)c1cccc(NS(=O)(=O)c2ccc(-c3cnc(C4CC4)o3)s2)c1. The molecular weight excluding hydrogens is 372 g/mol. The zero-order valence-electron chi connectivity index (χ0n) is 13.9. The van der Waals surface area contributed by atoms with Gasteiger partial charge in [0.15, 0.2) is 17.4 Å². The fourth-order valence-corrected chi connectivity index (χ4v) is 4.83. The molecule has 0 saturated heterocycles. The maximum absolute atomic E-state index is 12.6. The first kappa shape index (κ1) is 17.0. The van der Waals surface area contributed by atoms with Crippen LogP contribution in [0.5, 0.6) is 0 Å². The first-order valence-corrected chi connectivity index (χ1v) is 10.4. The van der Waals surface area contributed by atoms with Crippen LogP contribution in [0.25, 0.3) is 10.6 Å². The molecule has 4 rings (SSSR count). The number of nitrogens with zero attached hydrogens (tertiary/aromatic N) is 1. The van der Waals surface area contributed by atoms with Crippen LogP contribution in [0, 0.1) is 0 Å². The molecule has 134 valence electrons. The lowest BCUT2D eigenvalue weighted by molar-refractivity contribution is 0.101. The number of carbonyl (C=O) groups excluding carboxylic acids is 1. The summed E-state index contributed by atoms with van der Waals surface area (Å²) in [6.07, 6.45) is 3.82. The molecule has 1 aliphatic carbocycles. The van der Waals surface area contributed by atoms with Crippen molar-refractivity contribution in [3.63, 3.8) is 0 Å². The molecule has 0 radical (unpaired) electrons. The maximum Gasteiger partial charge on any atom is 0.271 e. The molecule has 1 saturated carbocycles. The number of nitrogens with one attached hydrogen (secondary N) is 1. The number of sulfonamides is 1. The molecular formula is C18H16N2O4S2. The van der Waals surface area contributed by atoms with Crippen LogP contribution in [0.1, 0.15) is 41.9 Å². The van der Waals surface area contributed by atoms with Crippen molar-refractivity contribution >= 4 is 32.8 Å². The van der Waals surface area contributed by atoms with Gasteiger partial charge in [0, 0.05) is 17.2 Å². The second-order valence-electron chi connectivity index (χ2n) is 6.20. The third-order valence-electron chi connectivity index (χ3n) is 4.06. The van der Waals surface area contributed by atoms with Gasteiger partial charge in [-0.2, -0.15) is 0 Å². The van der Waals surface area contributed by atoms with E-state index in [1.54, 1.807) is 30.5 Å². The van der Waals surface area contributed by atoms with E-state index in [4.69, 9.17) is 4.42 Å². The lowest BCUT2D eigenvalue weighted by Crippen LogP contribution is -2.11. The number of oxazole rings is 1. The van der Waals surface area contributed by atoms with Crippen molar-refractivity contribution in [2.75, 3.05) is 4.72 Å². The minimum atomic E-state index is -3.74. The van der Waals surface area contributed by atoms with Crippen molar-refractivity contribution < 1.29 is 17.6 Å². The smallest absolute Gasteiger partial charge is 0.271 e. The molecule has 26 heavy (non-hydrogen) atoms. The molecule has 1 aliphatic rings. The van der Waals surface area contributed by atoms with Gasteiger partial charge in [0.2, 0.25) is 0 Å². The number of anilines is 1. The molecule has 0 spiro atoms. The van der Waals surface area contributed by atoms with Gasteiger partial charge in [-0.3, -0.25) is 9.52 Å². The number of hydrogen-bond acceptors (Lipinski definition) is 6. The van der Waals surface area contributed by atoms with E-state index in [-0.39, 0.29) is 9.99 Å². The highest BCUT2D eigenvalue weighted by atomic mass is 32.2. The Hall–Kier alpha value is -2.45. The summed E-state index contributed by atoms with van der Waals surface area (Å²) in [5, 5.41) is 0. The van der Waals surface area contributed by atoms with E-state index in [2.05, 4.69) is 9.71 Å². The van der Waals surface area contributed by atoms with Crippen LogP contribution < -0.4 is 4.72 Å². The normalized spacial score (nSPS) is 14.3. The van der Waals surface area contributed by atoms with Crippen molar-refractivity contribution in [3.05, 3.63) is 54.0 Å². The predicted molar refractivity (Wildman–Crippen MR) is 99.0 cm³/mol. The number of thiophene rings is 1. The van der Waals surface area contributed by atoms with Crippen LogP contribution in [-0.4, -0.2) is 19.2 Å². The number of hydrogen-bond donors (Lipinski definition) is 1.